The molecule has 0 aliphatic heterocycles. The molecule has 3 heteroatoms. The van der Waals surface area contributed by atoms with Gasteiger partial charge in [-0.3, -0.25) is 0 Å². The van der Waals surface area contributed by atoms with Crippen LogP contribution < -0.4 is 0 Å². The van der Waals surface area contributed by atoms with Crippen molar-refractivity contribution in [1.82, 2.24) is 0 Å². The van der Waals surface area contributed by atoms with Crippen molar-refractivity contribution in [3.8, 4) is 11.1 Å². The van der Waals surface area contributed by atoms with Crippen molar-refractivity contribution in [3.63, 3.8) is 0 Å². The van der Waals surface area contributed by atoms with Crippen molar-refractivity contribution in [2.24, 2.45) is 0 Å². The summed E-state index contributed by atoms with van der Waals surface area (Å²) in [5, 5.41) is 0. The second-order valence-corrected chi connectivity index (χ2v) is 3.48. The first-order chi connectivity index (χ1) is 8.24. The molecule has 0 bridgehead atoms. The van der Waals surface area contributed by atoms with Crippen LogP contribution in [-0.4, -0.2) is 0 Å². The fourth-order valence-corrected chi connectivity index (χ4v) is 1.70. The van der Waals surface area contributed by atoms with Crippen LogP contribution in [-0.2, 0) is 0 Å². The van der Waals surface area contributed by atoms with Gasteiger partial charge in [0.1, 0.15) is 11.6 Å². The van der Waals surface area contributed by atoms with E-state index >= 15 is 0 Å². The first-order valence-corrected chi connectivity index (χ1v) is 5.04. The van der Waals surface area contributed by atoms with Gasteiger partial charge in [0.05, 0.1) is 6.33 Å². The fourth-order valence-electron chi connectivity index (χ4n) is 1.70. The predicted molar refractivity (Wildman–Crippen MR) is 61.9 cm³/mol. The average Bonchev–Trinajstić information content (AvgIpc) is 2.31. The molecule has 0 spiro atoms. The summed E-state index contributed by atoms with van der Waals surface area (Å²) in [6, 6.07) is 10.0. The van der Waals surface area contributed by atoms with Crippen molar-refractivity contribution in [2.75, 3.05) is 0 Å². The molecular weight excluding hydrogens is 225 g/mol. The summed E-state index contributed by atoms with van der Waals surface area (Å²) in [5.41, 5.74) is 0.496. The Kier molecular flexibility index (Phi) is 3.28. The highest BCUT2D eigenvalue weighted by molar-refractivity contribution is 5.75. The van der Waals surface area contributed by atoms with Crippen LogP contribution in [0.4, 0.5) is 13.2 Å². The van der Waals surface area contributed by atoms with E-state index in [0.29, 0.717) is 11.9 Å². The molecule has 0 aliphatic carbocycles. The van der Waals surface area contributed by atoms with E-state index in [0.717, 1.165) is 6.08 Å². The summed E-state index contributed by atoms with van der Waals surface area (Å²) in [7, 11) is 0. The molecule has 0 heterocycles. The SMILES string of the molecule is FC=Cc1cccc(F)c1-c1ccccc1F. The van der Waals surface area contributed by atoms with Crippen LogP contribution in [0.25, 0.3) is 17.2 Å². The van der Waals surface area contributed by atoms with Crippen LogP contribution >= 0.6 is 0 Å². The fraction of sp³-hybridized carbons (Fsp3) is 0. The van der Waals surface area contributed by atoms with Crippen LogP contribution in [0.2, 0.25) is 0 Å². The molecule has 0 amide bonds. The number of benzene rings is 2. The summed E-state index contributed by atoms with van der Waals surface area (Å²) in [6.07, 6.45) is 1.41. The predicted octanol–water partition coefficient (Wildman–Crippen LogP) is 4.57. The molecule has 0 radical (unpaired) electrons. The molecule has 2 aromatic carbocycles. The summed E-state index contributed by atoms with van der Waals surface area (Å²) < 4.78 is 39.5. The second kappa shape index (κ2) is 4.87. The van der Waals surface area contributed by atoms with Gasteiger partial charge in [0.2, 0.25) is 0 Å². The van der Waals surface area contributed by atoms with E-state index in [1.165, 1.54) is 36.4 Å². The van der Waals surface area contributed by atoms with E-state index in [-0.39, 0.29) is 11.1 Å². The van der Waals surface area contributed by atoms with E-state index < -0.39 is 11.6 Å². The highest BCUT2D eigenvalue weighted by Gasteiger charge is 2.12. The normalized spacial score (nSPS) is 11.0. The molecule has 17 heavy (non-hydrogen) atoms. The van der Waals surface area contributed by atoms with Gasteiger partial charge in [-0.25, -0.2) is 13.2 Å². The molecule has 0 N–H and O–H groups in total. The molecule has 0 saturated carbocycles. The second-order valence-electron chi connectivity index (χ2n) is 3.48. The van der Waals surface area contributed by atoms with Gasteiger partial charge in [0, 0.05) is 11.1 Å². The maximum Gasteiger partial charge on any atom is 0.131 e. The van der Waals surface area contributed by atoms with Crippen molar-refractivity contribution in [1.29, 1.82) is 0 Å². The third-order valence-electron chi connectivity index (χ3n) is 2.43. The smallest absolute Gasteiger partial charge is 0.131 e. The van der Waals surface area contributed by atoms with E-state index in [2.05, 4.69) is 0 Å². The lowest BCUT2D eigenvalue weighted by Gasteiger charge is -2.08. The minimum Gasteiger partial charge on any atom is -0.216 e. The van der Waals surface area contributed by atoms with Crippen molar-refractivity contribution >= 4 is 6.08 Å². The molecule has 0 atom stereocenters. The average molecular weight is 234 g/mol. The zero-order chi connectivity index (χ0) is 12.3. The monoisotopic (exact) mass is 234 g/mol. The lowest BCUT2D eigenvalue weighted by Crippen LogP contribution is -1.91. The van der Waals surface area contributed by atoms with Crippen LogP contribution in [0.3, 0.4) is 0 Å². The third kappa shape index (κ3) is 2.23. The molecule has 2 aromatic rings. The molecule has 0 nitrogen and oxygen atoms in total. The molecular formula is C14H9F3. The summed E-state index contributed by atoms with van der Waals surface area (Å²) in [6.45, 7) is 0. The van der Waals surface area contributed by atoms with E-state index in [1.807, 2.05) is 0 Å². The summed E-state index contributed by atoms with van der Waals surface area (Å²) >= 11 is 0. The number of hydrogen-bond donors (Lipinski definition) is 0. The van der Waals surface area contributed by atoms with Crippen LogP contribution in [0.5, 0.6) is 0 Å². The largest absolute Gasteiger partial charge is 0.216 e. The van der Waals surface area contributed by atoms with Crippen molar-refractivity contribution in [3.05, 3.63) is 66.0 Å². The zero-order valence-corrected chi connectivity index (χ0v) is 8.83. The Morgan fingerprint density at radius 1 is 0.824 bits per heavy atom. The topological polar surface area (TPSA) is 0 Å². The number of hydrogen-bond acceptors (Lipinski definition) is 0. The lowest BCUT2D eigenvalue weighted by atomic mass is 9.98. The van der Waals surface area contributed by atoms with Crippen molar-refractivity contribution in [2.45, 2.75) is 0 Å². The Hall–Kier alpha value is -2.03. The maximum atomic E-state index is 13.7. The molecule has 0 unspecified atom stereocenters. The Bertz CT molecular complexity index is 559. The van der Waals surface area contributed by atoms with Gasteiger partial charge in [0.15, 0.2) is 0 Å². The van der Waals surface area contributed by atoms with Crippen LogP contribution in [0.15, 0.2) is 48.8 Å². The van der Waals surface area contributed by atoms with Gasteiger partial charge < -0.3 is 0 Å². The summed E-state index contributed by atoms with van der Waals surface area (Å²) in [4.78, 5) is 0. The van der Waals surface area contributed by atoms with Crippen LogP contribution in [0, 0.1) is 11.6 Å². The van der Waals surface area contributed by atoms with Gasteiger partial charge in [-0.1, -0.05) is 30.3 Å². The molecule has 0 aliphatic rings. The molecule has 0 aromatic heterocycles. The minimum atomic E-state index is -0.578. The van der Waals surface area contributed by atoms with E-state index in [4.69, 9.17) is 0 Å². The quantitative estimate of drug-likeness (QED) is 0.713. The standard InChI is InChI=1S/C14H9F3/c15-9-8-10-4-3-7-13(17)14(10)11-5-1-2-6-12(11)16/h1-9H. The minimum absolute atomic E-state index is 0.0690. The molecule has 0 fully saturated rings. The Balaban J connectivity index is 2.70. The highest BCUT2D eigenvalue weighted by Crippen LogP contribution is 2.29. The first kappa shape index (κ1) is 11.5. The van der Waals surface area contributed by atoms with Gasteiger partial charge in [-0.05, 0) is 23.8 Å². The third-order valence-corrected chi connectivity index (χ3v) is 2.43. The molecule has 86 valence electrons. The van der Waals surface area contributed by atoms with Crippen molar-refractivity contribution < 1.29 is 13.2 Å². The highest BCUT2D eigenvalue weighted by atomic mass is 19.1. The Labute approximate surface area is 97.0 Å². The van der Waals surface area contributed by atoms with E-state index in [9.17, 15) is 13.2 Å². The number of halogens is 3. The molecule has 0 saturated heterocycles. The van der Waals surface area contributed by atoms with Gasteiger partial charge in [0.25, 0.3) is 0 Å². The maximum absolute atomic E-state index is 13.7. The Morgan fingerprint density at radius 2 is 1.53 bits per heavy atom. The zero-order valence-electron chi connectivity index (χ0n) is 8.83. The summed E-state index contributed by atoms with van der Waals surface area (Å²) in [5.74, 6) is -1.11. The first-order valence-electron chi connectivity index (χ1n) is 5.04. The molecule has 2 rings (SSSR count). The van der Waals surface area contributed by atoms with E-state index in [1.54, 1.807) is 6.07 Å². The van der Waals surface area contributed by atoms with Gasteiger partial charge in [-0.15, -0.1) is 0 Å². The Morgan fingerprint density at radius 3 is 2.24 bits per heavy atom. The lowest BCUT2D eigenvalue weighted by molar-refractivity contribution is 0.616. The van der Waals surface area contributed by atoms with Gasteiger partial charge in [-0.2, -0.15) is 0 Å². The van der Waals surface area contributed by atoms with Crippen LogP contribution in [0.1, 0.15) is 5.56 Å². The van der Waals surface area contributed by atoms with Gasteiger partial charge >= 0.3 is 0 Å². The number of rotatable bonds is 2.